The third-order valence-electron chi connectivity index (χ3n) is 3.58. The minimum Gasteiger partial charge on any atom is -0.590 e. The van der Waals surface area contributed by atoms with Gasteiger partial charge >= 0.3 is 13.6 Å². The van der Waals surface area contributed by atoms with Crippen molar-refractivity contribution in [3.05, 3.63) is 47.6 Å². The second-order valence-corrected chi connectivity index (χ2v) is 5.79. The molecule has 0 radical (unpaired) electrons. The Balaban J connectivity index is 2.01. The first-order valence-electron chi connectivity index (χ1n) is 5.85. The summed E-state index contributed by atoms with van der Waals surface area (Å²) in [4.78, 5) is 11.5. The molecule has 1 fully saturated rings. The van der Waals surface area contributed by atoms with Gasteiger partial charge in [-0.1, -0.05) is 34.9 Å². The molecule has 2 aliphatic heterocycles. The molecule has 1 N–H and O–H groups in total. The molecule has 4 atom stereocenters. The minimum atomic E-state index is -3.21. The second-order valence-electron chi connectivity index (χ2n) is 4.67. The Labute approximate surface area is 109 Å². The molecule has 5 nitrogen and oxygen atoms in total. The molecule has 19 heavy (non-hydrogen) atoms. The standard InChI is InChI=1S/C13H9O5P/c14-13(19(15)16)11-8(5-6-10-12(11)17-10)7-3-1-2-4-9(7)18-13/h1-6,10,12,14H. The van der Waals surface area contributed by atoms with Crippen LogP contribution in [0.2, 0.25) is 0 Å². The summed E-state index contributed by atoms with van der Waals surface area (Å²) in [6, 6.07) is 7.03. The first kappa shape index (κ1) is 11.3. The van der Waals surface area contributed by atoms with Crippen molar-refractivity contribution in [2.24, 2.45) is 0 Å². The highest BCUT2D eigenvalue weighted by Crippen LogP contribution is 2.54. The van der Waals surface area contributed by atoms with E-state index >= 15 is 0 Å². The largest absolute Gasteiger partial charge is 0.590 e. The van der Waals surface area contributed by atoms with Crippen LogP contribution in [-0.4, -0.2) is 22.8 Å². The topological polar surface area (TPSA) is 82.1 Å². The number of aliphatic hydroxyl groups is 1. The van der Waals surface area contributed by atoms with Crippen molar-refractivity contribution in [1.82, 2.24) is 0 Å². The lowest BCUT2D eigenvalue weighted by Crippen LogP contribution is -2.42. The fourth-order valence-electron chi connectivity index (χ4n) is 2.65. The lowest BCUT2D eigenvalue weighted by molar-refractivity contribution is -0.195. The van der Waals surface area contributed by atoms with E-state index in [0.717, 1.165) is 5.56 Å². The number of hydrogen-bond acceptors (Lipinski definition) is 5. The molecular weight excluding hydrogens is 267 g/mol. The normalized spacial score (nSPS) is 34.9. The third-order valence-corrected chi connectivity index (χ3v) is 4.41. The van der Waals surface area contributed by atoms with Crippen LogP contribution in [0, 0.1) is 0 Å². The Bertz CT molecular complexity index is 665. The molecule has 96 valence electrons. The molecular formula is C13H9O5P. The Morgan fingerprint density at radius 2 is 2.16 bits per heavy atom. The summed E-state index contributed by atoms with van der Waals surface area (Å²) in [7, 11) is -3.21. The van der Waals surface area contributed by atoms with Gasteiger partial charge in [0.25, 0.3) is 0 Å². The van der Waals surface area contributed by atoms with Crippen LogP contribution in [-0.2, 0) is 9.30 Å². The highest BCUT2D eigenvalue weighted by atomic mass is 31.1. The van der Waals surface area contributed by atoms with E-state index in [1.165, 1.54) is 0 Å². The van der Waals surface area contributed by atoms with Crippen LogP contribution in [0.15, 0.2) is 42.0 Å². The van der Waals surface area contributed by atoms with Crippen LogP contribution in [0.4, 0.5) is 0 Å². The third kappa shape index (κ3) is 1.41. The number of epoxide rings is 1. The molecule has 2 heterocycles. The molecule has 1 aromatic rings. The van der Waals surface area contributed by atoms with Crippen molar-refractivity contribution in [1.29, 1.82) is 0 Å². The van der Waals surface area contributed by atoms with Gasteiger partial charge in [0.05, 0.1) is 5.57 Å². The van der Waals surface area contributed by atoms with E-state index in [1.807, 2.05) is 18.2 Å². The number of fused-ring (bicyclic) bond motifs is 4. The zero-order valence-electron chi connectivity index (χ0n) is 9.65. The summed E-state index contributed by atoms with van der Waals surface area (Å²) < 4.78 is 22.1. The molecule has 3 aliphatic rings. The number of benzene rings is 1. The lowest BCUT2D eigenvalue weighted by atomic mass is 9.89. The average molecular weight is 276 g/mol. The van der Waals surface area contributed by atoms with Crippen LogP contribution in [0.1, 0.15) is 5.56 Å². The van der Waals surface area contributed by atoms with Gasteiger partial charge in [-0.3, -0.25) is 0 Å². The zero-order chi connectivity index (χ0) is 13.2. The Hall–Kier alpha value is -1.52. The van der Waals surface area contributed by atoms with Crippen molar-refractivity contribution in [2.45, 2.75) is 17.7 Å². The fraction of sp³-hybridized carbons (Fsp3) is 0.231. The van der Waals surface area contributed by atoms with Gasteiger partial charge < -0.3 is 19.5 Å². The van der Waals surface area contributed by atoms with Gasteiger partial charge in [0.15, 0.2) is 0 Å². The smallest absolute Gasteiger partial charge is 0.437 e. The highest BCUT2D eigenvalue weighted by Gasteiger charge is 2.62. The van der Waals surface area contributed by atoms with E-state index in [9.17, 15) is 14.6 Å². The van der Waals surface area contributed by atoms with Crippen LogP contribution in [0.25, 0.3) is 5.57 Å². The van der Waals surface area contributed by atoms with E-state index < -0.39 is 19.7 Å². The number of rotatable bonds is 1. The Morgan fingerprint density at radius 3 is 2.95 bits per heavy atom. The first-order chi connectivity index (χ1) is 9.11. The molecule has 0 aromatic heterocycles. The molecule has 0 bridgehead atoms. The number of ether oxygens (including phenoxy) is 2. The number of para-hydroxylation sites is 1. The molecule has 1 aromatic carbocycles. The van der Waals surface area contributed by atoms with E-state index in [-0.39, 0.29) is 11.7 Å². The molecule has 0 saturated carbocycles. The average Bonchev–Trinajstić information content (AvgIpc) is 3.17. The molecule has 1 aliphatic carbocycles. The predicted molar refractivity (Wildman–Crippen MR) is 64.3 cm³/mol. The van der Waals surface area contributed by atoms with Gasteiger partial charge in [0, 0.05) is 5.56 Å². The molecule has 6 heteroatoms. The molecule has 0 spiro atoms. The van der Waals surface area contributed by atoms with Gasteiger partial charge in [-0.25, -0.2) is 0 Å². The van der Waals surface area contributed by atoms with Crippen LogP contribution >= 0.6 is 8.03 Å². The maximum absolute atomic E-state index is 11.5. The summed E-state index contributed by atoms with van der Waals surface area (Å²) in [5, 5.41) is 10.4. The SMILES string of the molecule is O=[P+]([O-])C1(O)Oc2ccccc2C2=C1C1OC1C=C2. The van der Waals surface area contributed by atoms with E-state index in [4.69, 9.17) is 9.47 Å². The van der Waals surface area contributed by atoms with Gasteiger partial charge in [0.2, 0.25) is 0 Å². The van der Waals surface area contributed by atoms with Gasteiger partial charge in [-0.2, -0.15) is 0 Å². The molecule has 4 unspecified atom stereocenters. The summed E-state index contributed by atoms with van der Waals surface area (Å²) >= 11 is 0. The monoisotopic (exact) mass is 276 g/mol. The van der Waals surface area contributed by atoms with Gasteiger partial charge in [-0.05, 0) is 11.6 Å². The van der Waals surface area contributed by atoms with Crippen molar-refractivity contribution in [3.63, 3.8) is 0 Å². The van der Waals surface area contributed by atoms with E-state index in [2.05, 4.69) is 0 Å². The Morgan fingerprint density at radius 1 is 1.37 bits per heavy atom. The summed E-state index contributed by atoms with van der Waals surface area (Å²) in [5.74, 6) is 0.353. The molecule has 1 saturated heterocycles. The molecule has 4 rings (SSSR count). The maximum atomic E-state index is 11.5. The van der Waals surface area contributed by atoms with Crippen LogP contribution in [0.3, 0.4) is 0 Å². The van der Waals surface area contributed by atoms with Crippen LogP contribution in [0.5, 0.6) is 5.75 Å². The van der Waals surface area contributed by atoms with Crippen molar-refractivity contribution in [2.75, 3.05) is 0 Å². The van der Waals surface area contributed by atoms with Gasteiger partial charge in [0.1, 0.15) is 18.0 Å². The van der Waals surface area contributed by atoms with Crippen molar-refractivity contribution >= 4 is 13.6 Å². The first-order valence-corrected chi connectivity index (χ1v) is 7.02. The minimum absolute atomic E-state index is 0.158. The lowest BCUT2D eigenvalue weighted by Gasteiger charge is -2.31. The highest BCUT2D eigenvalue weighted by molar-refractivity contribution is 7.38. The maximum Gasteiger partial charge on any atom is 0.437 e. The summed E-state index contributed by atoms with van der Waals surface area (Å²) in [5.41, 5.74) is -0.593. The van der Waals surface area contributed by atoms with Crippen LogP contribution < -0.4 is 9.63 Å². The summed E-state index contributed by atoms with van der Waals surface area (Å²) in [6.07, 6.45) is 3.08. The van der Waals surface area contributed by atoms with E-state index in [1.54, 1.807) is 18.2 Å². The van der Waals surface area contributed by atoms with Crippen molar-refractivity contribution in [3.8, 4) is 5.75 Å². The number of allylic oxidation sites excluding steroid dienone is 2. The second kappa shape index (κ2) is 3.52. The summed E-state index contributed by atoms with van der Waals surface area (Å²) in [6.45, 7) is 0. The molecule has 0 amide bonds. The Kier molecular flexibility index (Phi) is 2.10. The predicted octanol–water partition coefficient (Wildman–Crippen LogP) is 0.919. The number of hydrogen-bond donors (Lipinski definition) is 1. The van der Waals surface area contributed by atoms with Crippen molar-refractivity contribution < 1.29 is 24.0 Å². The quantitative estimate of drug-likeness (QED) is 0.609. The van der Waals surface area contributed by atoms with E-state index in [0.29, 0.717) is 11.3 Å². The zero-order valence-corrected chi connectivity index (χ0v) is 10.5. The fourth-order valence-corrected chi connectivity index (χ4v) is 3.27. The van der Waals surface area contributed by atoms with Gasteiger partial charge in [-0.15, -0.1) is 0 Å².